The highest BCUT2D eigenvalue weighted by atomic mass is 19.1. The normalized spacial score (nSPS) is 12.6. The van der Waals surface area contributed by atoms with Crippen molar-refractivity contribution < 1.29 is 18.7 Å². The van der Waals surface area contributed by atoms with Gasteiger partial charge in [0.25, 0.3) is 0 Å². The summed E-state index contributed by atoms with van der Waals surface area (Å²) in [6.45, 7) is 1.51. The van der Waals surface area contributed by atoms with Crippen molar-refractivity contribution in [1.82, 2.24) is 5.32 Å². The molecule has 0 heterocycles. The maximum atomic E-state index is 13.3. The summed E-state index contributed by atoms with van der Waals surface area (Å²) in [5.74, 6) is -0.609. The third kappa shape index (κ3) is 5.08. The van der Waals surface area contributed by atoms with Gasteiger partial charge >= 0.3 is 6.09 Å². The quantitative estimate of drug-likeness (QED) is 0.631. The topological polar surface area (TPSA) is 55.4 Å². The first kappa shape index (κ1) is 20.3. The first-order chi connectivity index (χ1) is 14.0. The van der Waals surface area contributed by atoms with Crippen LogP contribution in [0.1, 0.15) is 23.6 Å². The molecule has 148 valence electrons. The van der Waals surface area contributed by atoms with E-state index in [-0.39, 0.29) is 24.6 Å². The van der Waals surface area contributed by atoms with Crippen LogP contribution in [0.5, 0.6) is 0 Å². The van der Waals surface area contributed by atoms with Crippen LogP contribution < -0.4 is 5.32 Å². The molecule has 4 nitrogen and oxygen atoms in total. The molecule has 0 unspecified atom stereocenters. The number of amides is 1. The largest absolute Gasteiger partial charge is 0.445 e. The van der Waals surface area contributed by atoms with Crippen LogP contribution in [0.15, 0.2) is 84.9 Å². The van der Waals surface area contributed by atoms with Crippen molar-refractivity contribution in [3.8, 4) is 0 Å². The van der Waals surface area contributed by atoms with Crippen molar-refractivity contribution in [2.24, 2.45) is 0 Å². The number of carbonyl (C=O) groups is 2. The number of ketones is 1. The lowest BCUT2D eigenvalue weighted by atomic mass is 9.80. The van der Waals surface area contributed by atoms with Crippen molar-refractivity contribution >= 4 is 11.9 Å². The van der Waals surface area contributed by atoms with E-state index in [9.17, 15) is 14.0 Å². The summed E-state index contributed by atoms with van der Waals surface area (Å²) in [5.41, 5.74) is 0.865. The Morgan fingerprint density at radius 3 is 2.03 bits per heavy atom. The number of Topliss-reactive ketones (excluding diaryl/α,β-unsaturated/α-hetero) is 1. The third-order valence-corrected chi connectivity index (χ3v) is 4.78. The standard InChI is InChI=1S/C24H22FNO3/c1-18(27)24(21-10-6-3-7-11-21,16-19-12-14-22(25)15-13-19)26-23(28)29-17-20-8-4-2-5-9-20/h2-15H,16-17H2,1H3,(H,26,28)/t24-/m1/s1. The van der Waals surface area contributed by atoms with Gasteiger partial charge in [-0.05, 0) is 35.7 Å². The molecule has 3 aromatic rings. The Morgan fingerprint density at radius 1 is 0.862 bits per heavy atom. The molecular weight excluding hydrogens is 369 g/mol. The molecule has 0 saturated heterocycles. The Labute approximate surface area is 169 Å². The second-order valence-corrected chi connectivity index (χ2v) is 6.82. The van der Waals surface area contributed by atoms with Crippen LogP contribution in [0.4, 0.5) is 9.18 Å². The highest BCUT2D eigenvalue weighted by Crippen LogP contribution is 2.28. The van der Waals surface area contributed by atoms with Crippen LogP contribution in [0.3, 0.4) is 0 Å². The van der Waals surface area contributed by atoms with Gasteiger partial charge in [-0.25, -0.2) is 9.18 Å². The summed E-state index contributed by atoms with van der Waals surface area (Å²) in [6, 6.07) is 24.2. The zero-order valence-electron chi connectivity index (χ0n) is 16.1. The van der Waals surface area contributed by atoms with Crippen LogP contribution in [0.25, 0.3) is 0 Å². The summed E-state index contributed by atoms with van der Waals surface area (Å²) < 4.78 is 18.7. The average Bonchev–Trinajstić information content (AvgIpc) is 2.74. The number of hydrogen-bond donors (Lipinski definition) is 1. The van der Waals surface area contributed by atoms with Crippen molar-refractivity contribution in [2.45, 2.75) is 25.5 Å². The number of ether oxygens (including phenoxy) is 1. The summed E-state index contributed by atoms with van der Waals surface area (Å²) >= 11 is 0. The van der Waals surface area contributed by atoms with E-state index in [2.05, 4.69) is 5.32 Å². The molecule has 0 aromatic heterocycles. The van der Waals surface area contributed by atoms with E-state index in [0.717, 1.165) is 5.56 Å². The fourth-order valence-corrected chi connectivity index (χ4v) is 3.20. The second kappa shape index (κ2) is 9.15. The molecule has 0 aliphatic heterocycles. The molecule has 0 radical (unpaired) electrons. The molecule has 0 aliphatic carbocycles. The maximum absolute atomic E-state index is 13.3. The van der Waals surface area contributed by atoms with Crippen LogP contribution in [0, 0.1) is 5.82 Å². The highest BCUT2D eigenvalue weighted by Gasteiger charge is 2.39. The Hall–Kier alpha value is -3.47. The highest BCUT2D eigenvalue weighted by molar-refractivity contribution is 5.91. The summed E-state index contributed by atoms with van der Waals surface area (Å²) in [7, 11) is 0. The molecule has 1 N–H and O–H groups in total. The van der Waals surface area contributed by atoms with Gasteiger partial charge in [0.15, 0.2) is 5.78 Å². The lowest BCUT2D eigenvalue weighted by Crippen LogP contribution is -2.52. The third-order valence-electron chi connectivity index (χ3n) is 4.78. The van der Waals surface area contributed by atoms with Gasteiger partial charge in [0.05, 0.1) is 0 Å². The van der Waals surface area contributed by atoms with Crippen molar-refractivity contribution in [1.29, 1.82) is 0 Å². The van der Waals surface area contributed by atoms with Crippen molar-refractivity contribution in [3.63, 3.8) is 0 Å². The number of alkyl carbamates (subject to hydrolysis) is 1. The van der Waals surface area contributed by atoms with E-state index in [1.807, 2.05) is 36.4 Å². The predicted octanol–water partition coefficient (Wildman–Crippen LogP) is 4.78. The van der Waals surface area contributed by atoms with Gasteiger partial charge in [0.2, 0.25) is 0 Å². The van der Waals surface area contributed by atoms with Crippen molar-refractivity contribution in [2.75, 3.05) is 0 Å². The molecule has 5 heteroatoms. The predicted molar refractivity (Wildman–Crippen MR) is 109 cm³/mol. The van der Waals surface area contributed by atoms with Gasteiger partial charge in [-0.15, -0.1) is 0 Å². The number of benzene rings is 3. The van der Waals surface area contributed by atoms with E-state index in [0.29, 0.717) is 11.1 Å². The molecule has 1 amide bonds. The SMILES string of the molecule is CC(=O)[C@@](Cc1ccc(F)cc1)(NC(=O)OCc1ccccc1)c1ccccc1. The summed E-state index contributed by atoms with van der Waals surface area (Å²) in [5, 5.41) is 2.78. The minimum Gasteiger partial charge on any atom is -0.445 e. The molecule has 0 bridgehead atoms. The van der Waals surface area contributed by atoms with Gasteiger partial charge < -0.3 is 10.1 Å². The molecular formula is C24H22FNO3. The fourth-order valence-electron chi connectivity index (χ4n) is 3.20. The smallest absolute Gasteiger partial charge is 0.408 e. The van der Waals surface area contributed by atoms with E-state index in [1.54, 1.807) is 36.4 Å². The number of carbonyl (C=O) groups excluding carboxylic acids is 2. The molecule has 0 spiro atoms. The fraction of sp³-hybridized carbons (Fsp3) is 0.167. The van der Waals surface area contributed by atoms with E-state index < -0.39 is 11.6 Å². The molecule has 1 atom stereocenters. The lowest BCUT2D eigenvalue weighted by Gasteiger charge is -2.33. The van der Waals surface area contributed by atoms with Gasteiger partial charge in [-0.1, -0.05) is 72.8 Å². The van der Waals surface area contributed by atoms with Crippen LogP contribution in [0.2, 0.25) is 0 Å². The zero-order valence-corrected chi connectivity index (χ0v) is 16.1. The molecule has 0 saturated carbocycles. The van der Waals surface area contributed by atoms with E-state index >= 15 is 0 Å². The number of nitrogens with one attached hydrogen (secondary N) is 1. The van der Waals surface area contributed by atoms with Gasteiger partial charge in [0, 0.05) is 6.42 Å². The Bertz CT molecular complexity index is 958. The molecule has 0 aliphatic rings. The summed E-state index contributed by atoms with van der Waals surface area (Å²) in [6.07, 6.45) is -0.525. The molecule has 0 fully saturated rings. The lowest BCUT2D eigenvalue weighted by molar-refractivity contribution is -0.123. The second-order valence-electron chi connectivity index (χ2n) is 6.82. The Balaban J connectivity index is 1.87. The molecule has 29 heavy (non-hydrogen) atoms. The first-order valence-corrected chi connectivity index (χ1v) is 9.29. The van der Waals surface area contributed by atoms with Crippen LogP contribution in [-0.2, 0) is 28.1 Å². The van der Waals surface area contributed by atoms with Crippen molar-refractivity contribution in [3.05, 3.63) is 107 Å². The monoisotopic (exact) mass is 391 g/mol. The minimum absolute atomic E-state index is 0.0893. The first-order valence-electron chi connectivity index (χ1n) is 9.29. The average molecular weight is 391 g/mol. The van der Waals surface area contributed by atoms with E-state index in [1.165, 1.54) is 19.1 Å². The Kier molecular flexibility index (Phi) is 6.39. The summed E-state index contributed by atoms with van der Waals surface area (Å²) in [4.78, 5) is 25.4. The maximum Gasteiger partial charge on any atom is 0.408 e. The van der Waals surface area contributed by atoms with Crippen LogP contribution >= 0.6 is 0 Å². The van der Waals surface area contributed by atoms with Crippen LogP contribution in [-0.4, -0.2) is 11.9 Å². The molecule has 3 rings (SSSR count). The van der Waals surface area contributed by atoms with Gasteiger partial charge in [-0.3, -0.25) is 4.79 Å². The van der Waals surface area contributed by atoms with Gasteiger partial charge in [0.1, 0.15) is 18.0 Å². The van der Waals surface area contributed by atoms with Gasteiger partial charge in [-0.2, -0.15) is 0 Å². The minimum atomic E-state index is -1.33. The molecule has 3 aromatic carbocycles. The Morgan fingerprint density at radius 2 is 1.45 bits per heavy atom. The number of rotatable bonds is 7. The number of halogens is 1. The zero-order chi connectivity index (χ0) is 20.7. The number of hydrogen-bond acceptors (Lipinski definition) is 3. The van der Waals surface area contributed by atoms with E-state index in [4.69, 9.17) is 4.74 Å².